The number of aryl methyl sites for hydroxylation is 1. The predicted molar refractivity (Wildman–Crippen MR) is 32.5 cm³/mol. The molecular weight excluding hydrogens is 156 g/mol. The summed E-state index contributed by atoms with van der Waals surface area (Å²) >= 11 is 5.48. The van der Waals surface area contributed by atoms with E-state index < -0.39 is 5.97 Å². The van der Waals surface area contributed by atoms with Crippen LogP contribution in [0.3, 0.4) is 0 Å². The first-order valence-corrected chi connectivity index (χ1v) is 2.89. The van der Waals surface area contributed by atoms with Crippen molar-refractivity contribution in [2.24, 2.45) is 7.05 Å². The molecular formula is C5H4ClN2O2-. The molecule has 0 radical (unpaired) electrons. The van der Waals surface area contributed by atoms with Crippen LogP contribution < -0.4 is 5.11 Å². The normalized spacial score (nSPS) is 9.80. The van der Waals surface area contributed by atoms with Crippen molar-refractivity contribution in [3.8, 4) is 0 Å². The third-order valence-electron chi connectivity index (χ3n) is 1.09. The van der Waals surface area contributed by atoms with Gasteiger partial charge in [-0.1, -0.05) is 11.6 Å². The van der Waals surface area contributed by atoms with E-state index in [9.17, 15) is 9.90 Å². The number of aromatic nitrogens is 2. The fourth-order valence-corrected chi connectivity index (χ4v) is 0.729. The van der Waals surface area contributed by atoms with Crippen molar-refractivity contribution in [2.45, 2.75) is 0 Å². The van der Waals surface area contributed by atoms with E-state index in [1.165, 1.54) is 4.68 Å². The van der Waals surface area contributed by atoms with Gasteiger partial charge in [0, 0.05) is 7.05 Å². The molecule has 10 heavy (non-hydrogen) atoms. The molecule has 0 saturated heterocycles. The summed E-state index contributed by atoms with van der Waals surface area (Å²) in [4.78, 5) is 10.2. The van der Waals surface area contributed by atoms with E-state index in [1.54, 1.807) is 7.05 Å². The zero-order valence-corrected chi connectivity index (χ0v) is 5.92. The van der Waals surface area contributed by atoms with E-state index in [4.69, 9.17) is 11.6 Å². The smallest absolute Gasteiger partial charge is 0.135 e. The second kappa shape index (κ2) is 2.30. The number of aromatic carboxylic acids is 1. The van der Waals surface area contributed by atoms with Crippen molar-refractivity contribution in [2.75, 3.05) is 0 Å². The zero-order valence-electron chi connectivity index (χ0n) is 5.17. The summed E-state index contributed by atoms with van der Waals surface area (Å²) < 4.78 is 1.26. The maximum absolute atomic E-state index is 10.2. The topological polar surface area (TPSA) is 58.0 Å². The fraction of sp³-hybridized carbons (Fsp3) is 0.200. The van der Waals surface area contributed by atoms with Gasteiger partial charge in [-0.3, -0.25) is 4.68 Å². The number of carboxylic acids is 1. The minimum absolute atomic E-state index is 0.0795. The molecule has 0 aromatic carbocycles. The molecule has 0 fully saturated rings. The summed E-state index contributed by atoms with van der Waals surface area (Å²) in [6.07, 6.45) is 1.15. The molecule has 5 heteroatoms. The largest absolute Gasteiger partial charge is 0.545 e. The molecule has 0 aliphatic carbocycles. The number of hydrogen-bond donors (Lipinski definition) is 0. The maximum Gasteiger partial charge on any atom is 0.135 e. The Balaban J connectivity index is 3.17. The van der Waals surface area contributed by atoms with Crippen molar-refractivity contribution in [1.82, 2.24) is 9.78 Å². The van der Waals surface area contributed by atoms with Crippen LogP contribution in [0.25, 0.3) is 0 Å². The summed E-state index contributed by atoms with van der Waals surface area (Å²) in [6.45, 7) is 0. The molecule has 0 aliphatic rings. The summed E-state index contributed by atoms with van der Waals surface area (Å²) in [5.74, 6) is -1.31. The Morgan fingerprint density at radius 1 is 1.90 bits per heavy atom. The Labute approximate surface area is 62.0 Å². The molecule has 4 nitrogen and oxygen atoms in total. The monoisotopic (exact) mass is 159 g/mol. The van der Waals surface area contributed by atoms with Gasteiger partial charge in [0.1, 0.15) is 5.15 Å². The van der Waals surface area contributed by atoms with Crippen molar-refractivity contribution in [1.29, 1.82) is 0 Å². The summed E-state index contributed by atoms with van der Waals surface area (Å²) in [7, 11) is 1.55. The lowest BCUT2D eigenvalue weighted by Crippen LogP contribution is -2.22. The highest BCUT2D eigenvalue weighted by atomic mass is 35.5. The average molecular weight is 160 g/mol. The Morgan fingerprint density at radius 3 is 2.70 bits per heavy atom. The van der Waals surface area contributed by atoms with Crippen LogP contribution in [0.4, 0.5) is 0 Å². The first-order chi connectivity index (χ1) is 4.63. The first kappa shape index (κ1) is 7.08. The number of carbonyl (C=O) groups excluding carboxylic acids is 1. The number of nitrogens with zero attached hydrogens (tertiary/aromatic N) is 2. The van der Waals surface area contributed by atoms with Crippen LogP contribution in [-0.4, -0.2) is 15.7 Å². The van der Waals surface area contributed by atoms with E-state index in [0.29, 0.717) is 0 Å². The van der Waals surface area contributed by atoms with Crippen LogP contribution in [0, 0.1) is 0 Å². The Kier molecular flexibility index (Phi) is 1.63. The second-order valence-electron chi connectivity index (χ2n) is 1.76. The van der Waals surface area contributed by atoms with E-state index in [1.807, 2.05) is 0 Å². The Morgan fingerprint density at radius 2 is 2.50 bits per heavy atom. The lowest BCUT2D eigenvalue weighted by atomic mass is 10.4. The lowest BCUT2D eigenvalue weighted by molar-refractivity contribution is -0.255. The number of carboxylic acid groups (broad SMARTS) is 1. The SMILES string of the molecule is Cn1ncc(C(=O)[O-])c1Cl. The molecule has 0 spiro atoms. The Hall–Kier alpha value is -1.03. The molecule has 1 heterocycles. The zero-order chi connectivity index (χ0) is 7.72. The summed E-state index contributed by atoms with van der Waals surface area (Å²) in [6, 6.07) is 0. The van der Waals surface area contributed by atoms with Crippen molar-refractivity contribution in [3.05, 3.63) is 16.9 Å². The van der Waals surface area contributed by atoms with Gasteiger partial charge in [0.25, 0.3) is 0 Å². The molecule has 0 amide bonds. The number of halogens is 1. The Bertz CT molecular complexity index is 269. The van der Waals surface area contributed by atoms with Gasteiger partial charge in [0.2, 0.25) is 0 Å². The molecule has 0 unspecified atom stereocenters. The van der Waals surface area contributed by atoms with Gasteiger partial charge in [0.15, 0.2) is 0 Å². The second-order valence-corrected chi connectivity index (χ2v) is 2.12. The number of hydrogen-bond acceptors (Lipinski definition) is 3. The first-order valence-electron chi connectivity index (χ1n) is 2.51. The van der Waals surface area contributed by atoms with Crippen LogP contribution in [0.2, 0.25) is 5.15 Å². The van der Waals surface area contributed by atoms with Crippen molar-refractivity contribution >= 4 is 17.6 Å². The van der Waals surface area contributed by atoms with Crippen LogP contribution in [-0.2, 0) is 7.05 Å². The minimum atomic E-state index is -1.31. The van der Waals surface area contributed by atoms with Gasteiger partial charge in [0.05, 0.1) is 17.7 Å². The van der Waals surface area contributed by atoms with Gasteiger partial charge >= 0.3 is 0 Å². The molecule has 54 valence electrons. The number of carbonyl (C=O) groups is 1. The molecule has 1 aromatic heterocycles. The molecule has 1 aromatic rings. The molecule has 0 bridgehead atoms. The minimum Gasteiger partial charge on any atom is -0.545 e. The highest BCUT2D eigenvalue weighted by Gasteiger charge is 2.04. The van der Waals surface area contributed by atoms with Gasteiger partial charge in [-0.05, 0) is 0 Å². The van der Waals surface area contributed by atoms with E-state index in [2.05, 4.69) is 5.10 Å². The van der Waals surface area contributed by atoms with Gasteiger partial charge in [-0.15, -0.1) is 0 Å². The van der Waals surface area contributed by atoms with Crippen LogP contribution >= 0.6 is 11.6 Å². The molecule has 0 saturated carbocycles. The van der Waals surface area contributed by atoms with Gasteiger partial charge in [-0.2, -0.15) is 5.10 Å². The third-order valence-corrected chi connectivity index (χ3v) is 1.53. The van der Waals surface area contributed by atoms with Crippen LogP contribution in [0.5, 0.6) is 0 Å². The van der Waals surface area contributed by atoms with E-state index in [0.717, 1.165) is 6.20 Å². The summed E-state index contributed by atoms with van der Waals surface area (Å²) in [5.41, 5.74) is -0.0795. The fourth-order valence-electron chi connectivity index (χ4n) is 0.560. The average Bonchev–Trinajstić information content (AvgIpc) is 2.14. The quantitative estimate of drug-likeness (QED) is 0.552. The van der Waals surface area contributed by atoms with Crippen LogP contribution in [0.1, 0.15) is 10.4 Å². The predicted octanol–water partition coefficient (Wildman–Crippen LogP) is -0.563. The number of rotatable bonds is 1. The van der Waals surface area contributed by atoms with Gasteiger partial charge in [-0.25, -0.2) is 0 Å². The third kappa shape index (κ3) is 0.974. The van der Waals surface area contributed by atoms with Crippen molar-refractivity contribution in [3.63, 3.8) is 0 Å². The standard InChI is InChI=1S/C5H5ClN2O2/c1-8-4(6)3(2-7-8)5(9)10/h2H,1H3,(H,9,10)/p-1. The van der Waals surface area contributed by atoms with E-state index in [-0.39, 0.29) is 10.7 Å². The highest BCUT2D eigenvalue weighted by Crippen LogP contribution is 2.11. The molecule has 0 aliphatic heterocycles. The maximum atomic E-state index is 10.2. The van der Waals surface area contributed by atoms with Crippen LogP contribution in [0.15, 0.2) is 6.20 Å². The molecule has 1 rings (SSSR count). The van der Waals surface area contributed by atoms with E-state index >= 15 is 0 Å². The van der Waals surface area contributed by atoms with Gasteiger partial charge < -0.3 is 9.90 Å². The molecule has 0 N–H and O–H groups in total. The highest BCUT2D eigenvalue weighted by molar-refractivity contribution is 6.32. The lowest BCUT2D eigenvalue weighted by Gasteiger charge is -1.96. The summed E-state index contributed by atoms with van der Waals surface area (Å²) in [5, 5.41) is 13.9. The molecule has 0 atom stereocenters. The van der Waals surface area contributed by atoms with Crippen molar-refractivity contribution < 1.29 is 9.90 Å².